The molecule has 0 aliphatic carbocycles. The van der Waals surface area contributed by atoms with Crippen LogP contribution in [0.2, 0.25) is 0 Å². The molecule has 0 fully saturated rings. The van der Waals surface area contributed by atoms with E-state index in [1.54, 1.807) is 54.6 Å². The number of carbonyl (C=O) groups excluding carboxylic acids is 2. The summed E-state index contributed by atoms with van der Waals surface area (Å²) in [4.78, 5) is 26.3. The van der Waals surface area contributed by atoms with E-state index < -0.39 is 28.1 Å². The van der Waals surface area contributed by atoms with E-state index in [-0.39, 0.29) is 29.6 Å². The fourth-order valence-corrected chi connectivity index (χ4v) is 5.83. The minimum absolute atomic E-state index is 0.0327. The summed E-state index contributed by atoms with van der Waals surface area (Å²) in [6.45, 7) is -0.179. The predicted octanol–water partition coefficient (Wildman–Crippen LogP) is 4.18. The van der Waals surface area contributed by atoms with Crippen molar-refractivity contribution >= 4 is 21.9 Å². The van der Waals surface area contributed by atoms with E-state index in [4.69, 9.17) is 14.2 Å². The molecule has 2 atom stereocenters. The summed E-state index contributed by atoms with van der Waals surface area (Å²) < 4.78 is 45.8. The van der Waals surface area contributed by atoms with Gasteiger partial charge in [0, 0.05) is 11.6 Å². The van der Waals surface area contributed by atoms with Gasteiger partial charge in [0.15, 0.2) is 0 Å². The number of rotatable bonds is 14. The number of benzene rings is 4. The first-order chi connectivity index (χ1) is 20.8. The first-order valence-corrected chi connectivity index (χ1v) is 15.1. The largest absolute Gasteiger partial charge is 0.497 e. The molecule has 0 bridgehead atoms. The molecular weight excluding hydrogens is 568 g/mol. The molecule has 0 aromatic heterocycles. The van der Waals surface area contributed by atoms with Crippen molar-refractivity contribution in [2.75, 3.05) is 20.8 Å². The fraction of sp³-hybridized carbons (Fsp3) is 0.212. The summed E-state index contributed by atoms with van der Waals surface area (Å²) in [6.07, 6.45) is 0.424. The van der Waals surface area contributed by atoms with Crippen LogP contribution < -0.4 is 19.5 Å². The fourth-order valence-electron chi connectivity index (χ4n) is 4.46. The van der Waals surface area contributed by atoms with Crippen molar-refractivity contribution in [1.82, 2.24) is 10.0 Å². The van der Waals surface area contributed by atoms with Crippen LogP contribution in [0.15, 0.2) is 114 Å². The minimum atomic E-state index is -4.27. The number of hydrogen-bond acceptors (Lipinski definition) is 7. The normalized spacial score (nSPS) is 12.5. The predicted molar refractivity (Wildman–Crippen MR) is 163 cm³/mol. The smallest absolute Gasteiger partial charge is 0.324 e. The quantitative estimate of drug-likeness (QED) is 0.208. The van der Waals surface area contributed by atoms with Gasteiger partial charge in [-0.1, -0.05) is 78.9 Å². The molecule has 9 nitrogen and oxygen atoms in total. The second-order valence-corrected chi connectivity index (χ2v) is 11.4. The molecule has 0 aliphatic rings. The summed E-state index contributed by atoms with van der Waals surface area (Å²) in [5.74, 6) is -0.710. The highest BCUT2D eigenvalue weighted by Gasteiger charge is 2.30. The lowest BCUT2D eigenvalue weighted by molar-refractivity contribution is -0.146. The van der Waals surface area contributed by atoms with E-state index in [0.717, 1.165) is 11.1 Å². The number of carbonyl (C=O) groups is 2. The lowest BCUT2D eigenvalue weighted by atomic mass is 10.1. The van der Waals surface area contributed by atoms with Crippen LogP contribution in [-0.2, 0) is 32.4 Å². The van der Waals surface area contributed by atoms with Crippen molar-refractivity contribution in [3.63, 3.8) is 0 Å². The number of hydrogen-bond donors (Lipinski definition) is 2. The molecule has 0 aliphatic heterocycles. The summed E-state index contributed by atoms with van der Waals surface area (Å²) in [5, 5.41) is 2.94. The molecule has 4 aromatic carbocycles. The minimum Gasteiger partial charge on any atom is -0.497 e. The van der Waals surface area contributed by atoms with Crippen LogP contribution in [0.25, 0.3) is 0 Å². The first-order valence-electron chi connectivity index (χ1n) is 13.6. The Morgan fingerprint density at radius 2 is 1.33 bits per heavy atom. The monoisotopic (exact) mass is 602 g/mol. The van der Waals surface area contributed by atoms with Gasteiger partial charge in [0.1, 0.15) is 29.0 Å². The molecule has 0 radical (unpaired) electrons. The second kappa shape index (κ2) is 15.0. The van der Waals surface area contributed by atoms with Gasteiger partial charge in [-0.15, -0.1) is 0 Å². The first kappa shape index (κ1) is 31.3. The van der Waals surface area contributed by atoms with Crippen LogP contribution in [0.4, 0.5) is 0 Å². The highest BCUT2D eigenvalue weighted by Crippen LogP contribution is 2.28. The van der Waals surface area contributed by atoms with Crippen LogP contribution in [0.1, 0.15) is 21.5 Å². The maximum absolute atomic E-state index is 13.6. The van der Waals surface area contributed by atoms with Crippen molar-refractivity contribution in [3.05, 3.63) is 126 Å². The average Bonchev–Trinajstić information content (AvgIpc) is 3.04. The molecule has 0 spiro atoms. The van der Waals surface area contributed by atoms with Crippen LogP contribution >= 0.6 is 0 Å². The molecule has 0 saturated heterocycles. The maximum atomic E-state index is 13.6. The number of methoxy groups -OCH3 is 2. The van der Waals surface area contributed by atoms with Gasteiger partial charge in [0.05, 0.1) is 20.3 Å². The highest BCUT2D eigenvalue weighted by atomic mass is 32.2. The van der Waals surface area contributed by atoms with Gasteiger partial charge in [0.25, 0.3) is 5.91 Å². The zero-order valence-electron chi connectivity index (χ0n) is 23.9. The molecule has 4 rings (SSSR count). The van der Waals surface area contributed by atoms with E-state index in [9.17, 15) is 18.0 Å². The molecule has 10 heteroatoms. The Morgan fingerprint density at radius 1 is 0.744 bits per heavy atom. The van der Waals surface area contributed by atoms with Crippen LogP contribution in [0.3, 0.4) is 0 Å². The van der Waals surface area contributed by atoms with Crippen molar-refractivity contribution in [2.45, 2.75) is 29.8 Å². The number of sulfonamides is 1. The van der Waals surface area contributed by atoms with E-state index in [1.165, 1.54) is 26.4 Å². The van der Waals surface area contributed by atoms with Gasteiger partial charge < -0.3 is 19.5 Å². The Labute approximate surface area is 251 Å². The van der Waals surface area contributed by atoms with Crippen molar-refractivity contribution in [1.29, 1.82) is 0 Å². The lowest BCUT2D eigenvalue weighted by Crippen LogP contribution is -2.46. The zero-order valence-corrected chi connectivity index (χ0v) is 24.8. The number of ether oxygens (including phenoxy) is 3. The Hall–Kier alpha value is -4.67. The van der Waals surface area contributed by atoms with Gasteiger partial charge in [-0.3, -0.25) is 9.59 Å². The summed E-state index contributed by atoms with van der Waals surface area (Å²) in [7, 11) is -1.49. The Kier molecular flexibility index (Phi) is 10.9. The van der Waals surface area contributed by atoms with Crippen molar-refractivity contribution in [2.24, 2.45) is 0 Å². The molecule has 0 unspecified atom stereocenters. The molecular formula is C33H34N2O7S. The molecule has 2 N–H and O–H groups in total. The molecule has 0 saturated carbocycles. The number of esters is 1. The van der Waals surface area contributed by atoms with E-state index in [2.05, 4.69) is 10.0 Å². The van der Waals surface area contributed by atoms with E-state index in [0.29, 0.717) is 17.7 Å². The zero-order chi connectivity index (χ0) is 30.7. The maximum Gasteiger partial charge on any atom is 0.324 e. The molecule has 1 amide bonds. The summed E-state index contributed by atoms with van der Waals surface area (Å²) in [5.41, 5.74) is 2.13. The second-order valence-electron chi connectivity index (χ2n) is 9.74. The molecule has 224 valence electrons. The van der Waals surface area contributed by atoms with E-state index >= 15 is 0 Å². The third kappa shape index (κ3) is 8.91. The Morgan fingerprint density at radius 3 is 1.91 bits per heavy atom. The Balaban J connectivity index is 1.56. The van der Waals surface area contributed by atoms with Gasteiger partial charge in [-0.2, -0.15) is 4.72 Å². The summed E-state index contributed by atoms with van der Waals surface area (Å²) in [6, 6.07) is 29.7. The third-order valence-corrected chi connectivity index (χ3v) is 8.14. The van der Waals surface area contributed by atoms with Gasteiger partial charge in [-0.25, -0.2) is 8.42 Å². The van der Waals surface area contributed by atoms with Gasteiger partial charge in [-0.05, 0) is 48.2 Å². The number of nitrogens with one attached hydrogen (secondary N) is 2. The standard InChI is InChI=1S/C33H34N2O7S/c1-40-28-18-19-30(41-2)31(22-28)43(38,39)35-29(21-25-14-8-4-9-15-25)33(37)42-23-27(20-24-12-6-3-7-13-24)34-32(36)26-16-10-5-11-17-26/h3-19,22,27,29,35H,20-21,23H2,1-2H3,(H,34,36)/t27-,29+/m0/s1. The van der Waals surface area contributed by atoms with Crippen molar-refractivity contribution < 1.29 is 32.2 Å². The van der Waals surface area contributed by atoms with Crippen LogP contribution in [0, 0.1) is 0 Å². The Bertz CT molecular complexity index is 1600. The lowest BCUT2D eigenvalue weighted by Gasteiger charge is -2.22. The van der Waals surface area contributed by atoms with Crippen LogP contribution in [0.5, 0.6) is 11.5 Å². The van der Waals surface area contributed by atoms with Crippen molar-refractivity contribution in [3.8, 4) is 11.5 Å². The van der Waals surface area contributed by atoms with Gasteiger partial charge in [0.2, 0.25) is 10.0 Å². The molecule has 0 heterocycles. The topological polar surface area (TPSA) is 120 Å². The summed E-state index contributed by atoms with van der Waals surface area (Å²) >= 11 is 0. The van der Waals surface area contributed by atoms with Gasteiger partial charge >= 0.3 is 5.97 Å². The molecule has 43 heavy (non-hydrogen) atoms. The third-order valence-electron chi connectivity index (χ3n) is 6.65. The molecule has 4 aromatic rings. The SMILES string of the molecule is COc1ccc(OC)c(S(=O)(=O)N[C@H](Cc2ccccc2)C(=O)OC[C@H](Cc2ccccc2)NC(=O)c2ccccc2)c1. The van der Waals surface area contributed by atoms with Crippen LogP contribution in [-0.4, -0.2) is 53.2 Å². The average molecular weight is 603 g/mol. The van der Waals surface area contributed by atoms with E-state index in [1.807, 2.05) is 42.5 Å². The highest BCUT2D eigenvalue weighted by molar-refractivity contribution is 7.89. The number of amides is 1.